The first-order valence-corrected chi connectivity index (χ1v) is 8.73. The van der Waals surface area contributed by atoms with Crippen LogP contribution in [-0.4, -0.2) is 50.1 Å². The molecule has 0 saturated carbocycles. The highest BCUT2D eigenvalue weighted by atomic mass is 19.4. The lowest BCUT2D eigenvalue weighted by Crippen LogP contribution is -2.45. The van der Waals surface area contributed by atoms with E-state index < -0.39 is 12.0 Å². The van der Waals surface area contributed by atoms with Gasteiger partial charge < -0.3 is 15.0 Å². The highest BCUT2D eigenvalue weighted by Gasteiger charge is 2.37. The summed E-state index contributed by atoms with van der Waals surface area (Å²) in [7, 11) is 0. The Labute approximate surface area is 158 Å². The maximum absolute atomic E-state index is 13.0. The van der Waals surface area contributed by atoms with Gasteiger partial charge in [0, 0.05) is 13.1 Å². The standard InChI is InChI=1S/C17H18F3N7O/c1-10-8-26(9-11(2)28-10)14-5-3-12(7-21-14)22-13-4-6-15-23-24-16(17(18,19)20)27(15)25-13/h3-7,10-11H,8-9H2,1-2H3,(H,22,25)/t10-,11-/m0/s1. The zero-order valence-electron chi connectivity index (χ0n) is 15.2. The molecule has 148 valence electrons. The number of aromatic nitrogens is 5. The number of nitrogens with zero attached hydrogens (tertiary/aromatic N) is 6. The van der Waals surface area contributed by atoms with Gasteiger partial charge in [0.1, 0.15) is 5.82 Å². The molecule has 4 heterocycles. The van der Waals surface area contributed by atoms with E-state index in [0.29, 0.717) is 10.2 Å². The molecule has 0 spiro atoms. The quantitative estimate of drug-likeness (QED) is 0.733. The van der Waals surface area contributed by atoms with Crippen molar-refractivity contribution >= 4 is 23.0 Å². The van der Waals surface area contributed by atoms with Crippen molar-refractivity contribution < 1.29 is 17.9 Å². The lowest BCUT2D eigenvalue weighted by Gasteiger charge is -2.36. The first-order chi connectivity index (χ1) is 13.3. The number of ether oxygens (including phenoxy) is 1. The molecule has 0 unspecified atom stereocenters. The van der Waals surface area contributed by atoms with Crippen LogP contribution in [0.15, 0.2) is 30.5 Å². The van der Waals surface area contributed by atoms with Crippen LogP contribution in [0, 0.1) is 0 Å². The Kier molecular flexibility index (Phi) is 4.53. The fourth-order valence-electron chi connectivity index (χ4n) is 3.19. The average Bonchev–Trinajstić information content (AvgIpc) is 3.05. The Morgan fingerprint density at radius 1 is 1.07 bits per heavy atom. The van der Waals surface area contributed by atoms with Crippen LogP contribution in [0.3, 0.4) is 0 Å². The van der Waals surface area contributed by atoms with E-state index in [4.69, 9.17) is 4.74 Å². The van der Waals surface area contributed by atoms with E-state index in [0.717, 1.165) is 18.9 Å². The van der Waals surface area contributed by atoms with Crippen molar-refractivity contribution in [1.29, 1.82) is 0 Å². The van der Waals surface area contributed by atoms with Gasteiger partial charge in [0.25, 0.3) is 5.82 Å². The number of anilines is 3. The summed E-state index contributed by atoms with van der Waals surface area (Å²) in [6.45, 7) is 5.52. The van der Waals surface area contributed by atoms with Gasteiger partial charge in [-0.25, -0.2) is 4.98 Å². The summed E-state index contributed by atoms with van der Waals surface area (Å²) in [5, 5.41) is 13.5. The molecule has 1 fully saturated rings. The number of morpholine rings is 1. The van der Waals surface area contributed by atoms with Crippen molar-refractivity contribution in [3.63, 3.8) is 0 Å². The van der Waals surface area contributed by atoms with Crippen molar-refractivity contribution in [3.8, 4) is 0 Å². The van der Waals surface area contributed by atoms with Crippen LogP contribution in [0.4, 0.5) is 30.5 Å². The highest BCUT2D eigenvalue weighted by Crippen LogP contribution is 2.28. The van der Waals surface area contributed by atoms with Gasteiger partial charge in [0.2, 0.25) is 0 Å². The van der Waals surface area contributed by atoms with Crippen molar-refractivity contribution in [1.82, 2.24) is 24.8 Å². The number of nitrogens with one attached hydrogen (secondary N) is 1. The van der Waals surface area contributed by atoms with Gasteiger partial charge in [-0.15, -0.1) is 15.3 Å². The molecule has 0 aromatic carbocycles. The van der Waals surface area contributed by atoms with Crippen molar-refractivity contribution in [2.45, 2.75) is 32.2 Å². The van der Waals surface area contributed by atoms with E-state index in [1.807, 2.05) is 19.9 Å². The summed E-state index contributed by atoms with van der Waals surface area (Å²) in [6, 6.07) is 6.60. The molecule has 1 aliphatic rings. The van der Waals surface area contributed by atoms with E-state index in [1.54, 1.807) is 12.3 Å². The average molecular weight is 393 g/mol. The third-order valence-electron chi connectivity index (χ3n) is 4.28. The molecule has 1 saturated heterocycles. The summed E-state index contributed by atoms with van der Waals surface area (Å²) in [6.07, 6.45) is -2.79. The molecule has 3 aromatic heterocycles. The molecule has 0 bridgehead atoms. The van der Waals surface area contributed by atoms with Crippen LogP contribution in [0.5, 0.6) is 0 Å². The topological polar surface area (TPSA) is 80.5 Å². The third-order valence-corrected chi connectivity index (χ3v) is 4.28. The Hall–Kier alpha value is -2.95. The van der Waals surface area contributed by atoms with Crippen LogP contribution >= 0.6 is 0 Å². The smallest absolute Gasteiger partial charge is 0.372 e. The minimum absolute atomic E-state index is 0.0157. The molecule has 3 aromatic rings. The first kappa shape index (κ1) is 18.4. The molecule has 0 radical (unpaired) electrons. The number of fused-ring (bicyclic) bond motifs is 1. The SMILES string of the molecule is C[C@H]1CN(c2ccc(Nc3ccc4nnc(C(F)(F)F)n4n3)cn2)C[C@H](C)O1. The van der Waals surface area contributed by atoms with Gasteiger partial charge in [0.15, 0.2) is 11.5 Å². The number of pyridine rings is 1. The molecule has 8 nitrogen and oxygen atoms in total. The maximum atomic E-state index is 13.0. The second kappa shape index (κ2) is 6.89. The molecule has 0 aliphatic carbocycles. The Morgan fingerprint density at radius 3 is 2.46 bits per heavy atom. The monoisotopic (exact) mass is 393 g/mol. The van der Waals surface area contributed by atoms with Crippen LogP contribution in [0.2, 0.25) is 0 Å². The number of hydrogen-bond donors (Lipinski definition) is 1. The lowest BCUT2D eigenvalue weighted by atomic mass is 10.2. The predicted molar refractivity (Wildman–Crippen MR) is 95.5 cm³/mol. The number of halogens is 3. The number of alkyl halides is 3. The lowest BCUT2D eigenvalue weighted by molar-refractivity contribution is -0.146. The van der Waals surface area contributed by atoms with E-state index in [9.17, 15) is 13.2 Å². The Bertz CT molecular complexity index is 963. The van der Waals surface area contributed by atoms with Gasteiger partial charge >= 0.3 is 6.18 Å². The van der Waals surface area contributed by atoms with Gasteiger partial charge in [-0.05, 0) is 38.1 Å². The minimum atomic E-state index is -4.64. The van der Waals surface area contributed by atoms with Crippen LogP contribution in [-0.2, 0) is 10.9 Å². The molecular formula is C17H18F3N7O. The maximum Gasteiger partial charge on any atom is 0.453 e. The van der Waals surface area contributed by atoms with Crippen molar-refractivity contribution in [2.24, 2.45) is 0 Å². The molecule has 4 rings (SSSR count). The minimum Gasteiger partial charge on any atom is -0.372 e. The molecular weight excluding hydrogens is 375 g/mol. The molecule has 0 amide bonds. The van der Waals surface area contributed by atoms with Crippen molar-refractivity contribution in [2.75, 3.05) is 23.3 Å². The van der Waals surface area contributed by atoms with Gasteiger partial charge in [-0.1, -0.05) is 0 Å². The molecule has 2 atom stereocenters. The summed E-state index contributed by atoms with van der Waals surface area (Å²) in [5.41, 5.74) is 0.619. The number of hydrogen-bond acceptors (Lipinski definition) is 7. The van der Waals surface area contributed by atoms with Crippen LogP contribution in [0.1, 0.15) is 19.7 Å². The van der Waals surface area contributed by atoms with Gasteiger partial charge in [0.05, 0.1) is 24.1 Å². The van der Waals surface area contributed by atoms with Crippen LogP contribution in [0.25, 0.3) is 5.65 Å². The zero-order valence-corrected chi connectivity index (χ0v) is 15.2. The van der Waals surface area contributed by atoms with Crippen molar-refractivity contribution in [3.05, 3.63) is 36.3 Å². The fraction of sp³-hybridized carbons (Fsp3) is 0.412. The van der Waals surface area contributed by atoms with E-state index >= 15 is 0 Å². The number of rotatable bonds is 3. The zero-order chi connectivity index (χ0) is 19.9. The fourth-order valence-corrected chi connectivity index (χ4v) is 3.19. The summed E-state index contributed by atoms with van der Waals surface area (Å²) in [5.74, 6) is -0.134. The molecule has 1 aliphatic heterocycles. The van der Waals surface area contributed by atoms with E-state index in [1.165, 1.54) is 12.1 Å². The second-order valence-electron chi connectivity index (χ2n) is 6.70. The predicted octanol–water partition coefficient (Wildman–Crippen LogP) is 2.90. The third kappa shape index (κ3) is 3.70. The summed E-state index contributed by atoms with van der Waals surface area (Å²) >= 11 is 0. The molecule has 11 heteroatoms. The van der Waals surface area contributed by atoms with Gasteiger partial charge in [-0.3, -0.25) is 0 Å². The Morgan fingerprint density at radius 2 is 1.82 bits per heavy atom. The summed E-state index contributed by atoms with van der Waals surface area (Å²) < 4.78 is 45.3. The highest BCUT2D eigenvalue weighted by molar-refractivity contribution is 5.58. The largest absolute Gasteiger partial charge is 0.453 e. The Balaban J connectivity index is 1.53. The molecule has 1 N–H and O–H groups in total. The van der Waals surface area contributed by atoms with E-state index in [-0.39, 0.29) is 23.7 Å². The normalized spacial score (nSPS) is 20.5. The van der Waals surface area contributed by atoms with Crippen LogP contribution < -0.4 is 10.2 Å². The first-order valence-electron chi connectivity index (χ1n) is 8.73. The molecule has 28 heavy (non-hydrogen) atoms. The summed E-state index contributed by atoms with van der Waals surface area (Å²) in [4.78, 5) is 6.58. The van der Waals surface area contributed by atoms with Gasteiger partial charge in [-0.2, -0.15) is 17.7 Å². The second-order valence-corrected chi connectivity index (χ2v) is 6.70. The van der Waals surface area contributed by atoms with E-state index in [2.05, 4.69) is 30.5 Å².